The molecule has 1 saturated carbocycles. The van der Waals surface area contributed by atoms with Crippen LogP contribution in [0.4, 0.5) is 0 Å². The van der Waals surface area contributed by atoms with Crippen LogP contribution in [0, 0.1) is 11.8 Å². The molecule has 1 aliphatic carbocycles. The molecule has 14 heavy (non-hydrogen) atoms. The third-order valence-corrected chi connectivity index (χ3v) is 4.62. The standard InChI is InChI=1S/C11H22N2S/c1-9-3-2-4-10(7-9)8-13-5-6-14-11(13)12/h9-11H,2-8,12H2,1H3. The molecule has 3 unspecified atom stereocenters. The van der Waals surface area contributed by atoms with E-state index in [4.69, 9.17) is 5.73 Å². The van der Waals surface area contributed by atoms with Crippen LogP contribution in [-0.4, -0.2) is 29.2 Å². The van der Waals surface area contributed by atoms with E-state index in [2.05, 4.69) is 11.8 Å². The SMILES string of the molecule is CC1CCCC(CN2CCSC2N)C1. The topological polar surface area (TPSA) is 29.3 Å². The molecule has 0 radical (unpaired) electrons. The van der Waals surface area contributed by atoms with Gasteiger partial charge in [-0.2, -0.15) is 0 Å². The Morgan fingerprint density at radius 1 is 1.43 bits per heavy atom. The van der Waals surface area contributed by atoms with Gasteiger partial charge in [-0.1, -0.05) is 19.8 Å². The Labute approximate surface area is 91.6 Å². The first-order chi connectivity index (χ1) is 6.75. The summed E-state index contributed by atoms with van der Waals surface area (Å²) in [5.74, 6) is 3.09. The van der Waals surface area contributed by atoms with E-state index >= 15 is 0 Å². The van der Waals surface area contributed by atoms with Gasteiger partial charge in [0.2, 0.25) is 0 Å². The summed E-state index contributed by atoms with van der Waals surface area (Å²) in [5, 5.41) is 0. The highest BCUT2D eigenvalue weighted by Crippen LogP contribution is 2.31. The second kappa shape index (κ2) is 4.86. The summed E-state index contributed by atoms with van der Waals surface area (Å²) in [7, 11) is 0. The molecule has 3 heteroatoms. The number of nitrogens with zero attached hydrogens (tertiary/aromatic N) is 1. The molecule has 0 spiro atoms. The number of thioether (sulfide) groups is 1. The van der Waals surface area contributed by atoms with Crippen LogP contribution in [0.15, 0.2) is 0 Å². The molecule has 1 saturated heterocycles. The van der Waals surface area contributed by atoms with E-state index in [1.807, 2.05) is 11.8 Å². The molecule has 0 aromatic heterocycles. The molecule has 2 aliphatic rings. The Hall–Kier alpha value is 0.270. The Morgan fingerprint density at radius 2 is 2.29 bits per heavy atom. The maximum absolute atomic E-state index is 6.02. The van der Waals surface area contributed by atoms with E-state index in [0.717, 1.165) is 11.8 Å². The summed E-state index contributed by atoms with van der Waals surface area (Å²) in [4.78, 5) is 2.47. The van der Waals surface area contributed by atoms with Gasteiger partial charge in [0.05, 0.1) is 0 Å². The van der Waals surface area contributed by atoms with Gasteiger partial charge in [0.15, 0.2) is 0 Å². The van der Waals surface area contributed by atoms with Gasteiger partial charge < -0.3 is 5.73 Å². The molecular formula is C11H22N2S. The van der Waals surface area contributed by atoms with Crippen molar-refractivity contribution in [2.75, 3.05) is 18.8 Å². The number of rotatable bonds is 2. The average molecular weight is 214 g/mol. The van der Waals surface area contributed by atoms with Crippen molar-refractivity contribution in [3.05, 3.63) is 0 Å². The van der Waals surface area contributed by atoms with E-state index in [9.17, 15) is 0 Å². The summed E-state index contributed by atoms with van der Waals surface area (Å²) in [6, 6.07) is 0. The zero-order chi connectivity index (χ0) is 9.97. The fourth-order valence-electron chi connectivity index (χ4n) is 2.78. The predicted octanol–water partition coefficient (Wildman–Crippen LogP) is 2.10. The second-order valence-electron chi connectivity index (χ2n) is 4.89. The van der Waals surface area contributed by atoms with Crippen molar-refractivity contribution in [1.82, 2.24) is 4.90 Å². The van der Waals surface area contributed by atoms with Crippen LogP contribution in [0.3, 0.4) is 0 Å². The third kappa shape index (κ3) is 2.65. The lowest BCUT2D eigenvalue weighted by Crippen LogP contribution is -2.39. The van der Waals surface area contributed by atoms with Gasteiger partial charge in [0, 0.05) is 18.8 Å². The molecule has 0 aromatic carbocycles. The van der Waals surface area contributed by atoms with Crippen molar-refractivity contribution in [2.24, 2.45) is 17.6 Å². The normalized spacial score (nSPS) is 40.3. The van der Waals surface area contributed by atoms with E-state index in [1.165, 1.54) is 44.5 Å². The Morgan fingerprint density at radius 3 is 2.93 bits per heavy atom. The monoisotopic (exact) mass is 214 g/mol. The largest absolute Gasteiger partial charge is 0.307 e. The summed E-state index contributed by atoms with van der Waals surface area (Å²) < 4.78 is 0. The molecule has 2 fully saturated rings. The van der Waals surface area contributed by atoms with Gasteiger partial charge in [0.25, 0.3) is 0 Å². The minimum Gasteiger partial charge on any atom is -0.307 e. The molecule has 1 heterocycles. The second-order valence-corrected chi connectivity index (χ2v) is 6.12. The predicted molar refractivity (Wildman–Crippen MR) is 63.1 cm³/mol. The van der Waals surface area contributed by atoms with Crippen molar-refractivity contribution in [2.45, 2.75) is 38.1 Å². The van der Waals surface area contributed by atoms with Crippen molar-refractivity contribution in [3.8, 4) is 0 Å². The lowest BCUT2D eigenvalue weighted by atomic mass is 9.82. The van der Waals surface area contributed by atoms with Gasteiger partial charge in [-0.15, -0.1) is 11.8 Å². The highest BCUT2D eigenvalue weighted by molar-refractivity contribution is 8.00. The molecular weight excluding hydrogens is 192 g/mol. The first-order valence-electron chi connectivity index (χ1n) is 5.87. The third-order valence-electron chi connectivity index (χ3n) is 3.56. The van der Waals surface area contributed by atoms with Crippen LogP contribution in [0.1, 0.15) is 32.6 Å². The maximum atomic E-state index is 6.02. The fraction of sp³-hybridized carbons (Fsp3) is 1.00. The molecule has 0 amide bonds. The van der Waals surface area contributed by atoms with Gasteiger partial charge >= 0.3 is 0 Å². The van der Waals surface area contributed by atoms with Crippen LogP contribution >= 0.6 is 11.8 Å². The summed E-state index contributed by atoms with van der Waals surface area (Å²) in [6.45, 7) is 4.85. The van der Waals surface area contributed by atoms with Crippen LogP contribution in [0.5, 0.6) is 0 Å². The summed E-state index contributed by atoms with van der Waals surface area (Å²) in [6.07, 6.45) is 5.73. The number of nitrogens with two attached hydrogens (primary N) is 1. The highest BCUT2D eigenvalue weighted by Gasteiger charge is 2.26. The Kier molecular flexibility index (Phi) is 3.74. The van der Waals surface area contributed by atoms with E-state index in [0.29, 0.717) is 0 Å². The number of hydrogen-bond acceptors (Lipinski definition) is 3. The molecule has 2 rings (SSSR count). The molecule has 3 atom stereocenters. The molecule has 2 N–H and O–H groups in total. The van der Waals surface area contributed by atoms with Gasteiger partial charge in [-0.3, -0.25) is 4.90 Å². The fourth-order valence-corrected chi connectivity index (χ4v) is 3.76. The first-order valence-corrected chi connectivity index (χ1v) is 6.92. The summed E-state index contributed by atoms with van der Waals surface area (Å²) in [5.41, 5.74) is 6.30. The highest BCUT2D eigenvalue weighted by atomic mass is 32.2. The Balaban J connectivity index is 1.78. The zero-order valence-corrected chi connectivity index (χ0v) is 9.93. The average Bonchev–Trinajstić information content (AvgIpc) is 2.52. The Bertz CT molecular complexity index is 186. The minimum absolute atomic E-state index is 0.284. The lowest BCUT2D eigenvalue weighted by molar-refractivity contribution is 0.185. The maximum Gasteiger partial charge on any atom is 0.105 e. The first kappa shape index (κ1) is 10.8. The van der Waals surface area contributed by atoms with Gasteiger partial charge in [0.1, 0.15) is 5.50 Å². The quantitative estimate of drug-likeness (QED) is 0.763. The van der Waals surface area contributed by atoms with Gasteiger partial charge in [-0.25, -0.2) is 0 Å². The minimum atomic E-state index is 0.284. The smallest absolute Gasteiger partial charge is 0.105 e. The summed E-state index contributed by atoms with van der Waals surface area (Å²) >= 11 is 1.90. The van der Waals surface area contributed by atoms with Crippen molar-refractivity contribution < 1.29 is 0 Å². The van der Waals surface area contributed by atoms with Crippen LogP contribution in [-0.2, 0) is 0 Å². The molecule has 0 aromatic rings. The van der Waals surface area contributed by atoms with E-state index in [1.54, 1.807) is 0 Å². The molecule has 82 valence electrons. The van der Waals surface area contributed by atoms with Crippen molar-refractivity contribution in [3.63, 3.8) is 0 Å². The molecule has 1 aliphatic heterocycles. The molecule has 2 nitrogen and oxygen atoms in total. The van der Waals surface area contributed by atoms with Crippen molar-refractivity contribution >= 4 is 11.8 Å². The zero-order valence-electron chi connectivity index (χ0n) is 9.11. The van der Waals surface area contributed by atoms with Crippen LogP contribution in [0.2, 0.25) is 0 Å². The lowest BCUT2D eigenvalue weighted by Gasteiger charge is -2.31. The van der Waals surface area contributed by atoms with Crippen LogP contribution in [0.25, 0.3) is 0 Å². The van der Waals surface area contributed by atoms with Crippen LogP contribution < -0.4 is 5.73 Å². The van der Waals surface area contributed by atoms with E-state index < -0.39 is 0 Å². The van der Waals surface area contributed by atoms with Crippen molar-refractivity contribution in [1.29, 1.82) is 0 Å². The number of hydrogen-bond donors (Lipinski definition) is 1. The van der Waals surface area contributed by atoms with Gasteiger partial charge in [-0.05, 0) is 24.7 Å². The molecule has 0 bridgehead atoms. The van der Waals surface area contributed by atoms with E-state index in [-0.39, 0.29) is 5.50 Å².